The average Bonchev–Trinajstić information content (AvgIpc) is 3.02. The Hall–Kier alpha value is -1.14. The Kier molecular flexibility index (Phi) is 3.63. The summed E-state index contributed by atoms with van der Waals surface area (Å²) in [6, 6.07) is -0.419. The number of hydrogen-bond acceptors (Lipinski definition) is 5. The van der Waals surface area contributed by atoms with Gasteiger partial charge in [-0.15, -0.1) is 11.3 Å². The lowest BCUT2D eigenvalue weighted by Crippen LogP contribution is -2.27. The average molecular weight is 255 g/mol. The van der Waals surface area contributed by atoms with Gasteiger partial charge in [-0.25, -0.2) is 4.98 Å². The van der Waals surface area contributed by atoms with Crippen LogP contribution in [0.5, 0.6) is 0 Å². The van der Waals surface area contributed by atoms with Crippen LogP contribution in [0.3, 0.4) is 0 Å². The maximum absolute atomic E-state index is 10.8. The minimum atomic E-state index is -1.03. The first-order valence-corrected chi connectivity index (χ1v) is 6.72. The van der Waals surface area contributed by atoms with Crippen LogP contribution in [0.15, 0.2) is 5.38 Å². The van der Waals surface area contributed by atoms with E-state index in [9.17, 15) is 4.79 Å². The zero-order valence-corrected chi connectivity index (χ0v) is 10.6. The van der Waals surface area contributed by atoms with Crippen molar-refractivity contribution in [1.29, 1.82) is 0 Å². The van der Waals surface area contributed by atoms with Gasteiger partial charge in [0.05, 0.1) is 5.69 Å². The number of carboxylic acids is 1. The molecule has 1 aliphatic carbocycles. The van der Waals surface area contributed by atoms with Crippen LogP contribution in [0.1, 0.15) is 37.9 Å². The molecular formula is C11H17N3O2S. The Morgan fingerprint density at radius 3 is 3.00 bits per heavy atom. The van der Waals surface area contributed by atoms with Crippen LogP contribution in [0.2, 0.25) is 0 Å². The molecule has 1 saturated carbocycles. The van der Waals surface area contributed by atoms with Gasteiger partial charge in [-0.3, -0.25) is 4.79 Å². The maximum atomic E-state index is 10.8. The normalized spacial score (nSPS) is 16.8. The number of carboxylic acid groups (broad SMARTS) is 1. The van der Waals surface area contributed by atoms with Crippen LogP contribution in [-0.4, -0.2) is 28.6 Å². The van der Waals surface area contributed by atoms with Crippen LogP contribution in [-0.2, 0) is 4.79 Å². The minimum Gasteiger partial charge on any atom is -0.480 e. The van der Waals surface area contributed by atoms with E-state index in [0.717, 1.165) is 18.1 Å². The molecular weight excluding hydrogens is 238 g/mol. The molecule has 1 aliphatic rings. The second-order valence-corrected chi connectivity index (χ2v) is 5.13. The number of nitrogens with zero attached hydrogens (tertiary/aromatic N) is 2. The third-order valence-corrected chi connectivity index (χ3v) is 3.69. The van der Waals surface area contributed by atoms with E-state index in [2.05, 4.69) is 16.8 Å². The van der Waals surface area contributed by atoms with Gasteiger partial charge in [-0.1, -0.05) is 6.92 Å². The number of carbonyl (C=O) groups is 1. The van der Waals surface area contributed by atoms with E-state index in [1.165, 1.54) is 24.2 Å². The van der Waals surface area contributed by atoms with Crippen molar-refractivity contribution >= 4 is 22.4 Å². The number of aromatic nitrogens is 1. The first-order valence-electron chi connectivity index (χ1n) is 5.84. The van der Waals surface area contributed by atoms with Gasteiger partial charge in [0, 0.05) is 18.0 Å². The molecule has 0 spiro atoms. The van der Waals surface area contributed by atoms with Crippen molar-refractivity contribution in [3.8, 4) is 0 Å². The first kappa shape index (κ1) is 12.3. The Balaban J connectivity index is 2.12. The van der Waals surface area contributed by atoms with Crippen molar-refractivity contribution in [2.24, 2.45) is 5.73 Å². The fourth-order valence-electron chi connectivity index (χ4n) is 1.74. The van der Waals surface area contributed by atoms with Crippen molar-refractivity contribution in [2.75, 3.05) is 11.4 Å². The zero-order valence-electron chi connectivity index (χ0n) is 9.80. The number of thiazole rings is 1. The topological polar surface area (TPSA) is 79.5 Å². The van der Waals surface area contributed by atoms with Crippen LogP contribution >= 0.6 is 11.3 Å². The van der Waals surface area contributed by atoms with Crippen LogP contribution in [0.4, 0.5) is 5.13 Å². The summed E-state index contributed by atoms with van der Waals surface area (Å²) in [7, 11) is 0. The summed E-state index contributed by atoms with van der Waals surface area (Å²) in [5.41, 5.74) is 6.00. The molecule has 0 aliphatic heterocycles. The molecule has 0 radical (unpaired) electrons. The van der Waals surface area contributed by atoms with Gasteiger partial charge >= 0.3 is 5.97 Å². The summed E-state index contributed by atoms with van der Waals surface area (Å²) in [6.45, 7) is 3.10. The lowest BCUT2D eigenvalue weighted by molar-refractivity contribution is -0.138. The van der Waals surface area contributed by atoms with E-state index in [1.54, 1.807) is 5.38 Å². The van der Waals surface area contributed by atoms with Crippen molar-refractivity contribution in [3.63, 3.8) is 0 Å². The maximum Gasteiger partial charge on any atom is 0.326 e. The summed E-state index contributed by atoms with van der Waals surface area (Å²) in [4.78, 5) is 17.4. The van der Waals surface area contributed by atoms with Crippen molar-refractivity contribution in [2.45, 2.75) is 38.3 Å². The molecule has 0 amide bonds. The van der Waals surface area contributed by atoms with Crippen LogP contribution in [0, 0.1) is 0 Å². The summed E-state index contributed by atoms with van der Waals surface area (Å²) in [5.74, 6) is -1.03. The zero-order chi connectivity index (χ0) is 12.4. The highest BCUT2D eigenvalue weighted by Crippen LogP contribution is 2.34. The molecule has 1 aromatic rings. The number of nitrogens with two attached hydrogens (primary N) is 1. The van der Waals surface area contributed by atoms with Gasteiger partial charge in [0.1, 0.15) is 6.04 Å². The van der Waals surface area contributed by atoms with Gasteiger partial charge in [0.15, 0.2) is 5.13 Å². The molecule has 5 nitrogen and oxygen atoms in total. The van der Waals surface area contributed by atoms with E-state index >= 15 is 0 Å². The number of rotatable bonds is 6. The molecule has 17 heavy (non-hydrogen) atoms. The first-order chi connectivity index (χ1) is 8.13. The van der Waals surface area contributed by atoms with Crippen molar-refractivity contribution in [3.05, 3.63) is 11.1 Å². The van der Waals surface area contributed by atoms with E-state index in [4.69, 9.17) is 10.8 Å². The highest BCUT2D eigenvalue weighted by atomic mass is 32.1. The second-order valence-electron chi connectivity index (χ2n) is 4.30. The monoisotopic (exact) mass is 255 g/mol. The second kappa shape index (κ2) is 5.01. The predicted molar refractivity (Wildman–Crippen MR) is 67.3 cm³/mol. The van der Waals surface area contributed by atoms with E-state index in [1.807, 2.05) is 0 Å². The Labute approximate surface area is 104 Å². The van der Waals surface area contributed by atoms with Gasteiger partial charge in [0.25, 0.3) is 0 Å². The fourth-order valence-corrected chi connectivity index (χ4v) is 2.70. The van der Waals surface area contributed by atoms with Crippen molar-refractivity contribution < 1.29 is 9.90 Å². The molecule has 2 rings (SSSR count). The van der Waals surface area contributed by atoms with Gasteiger partial charge in [-0.2, -0.15) is 0 Å². The number of hydrogen-bond donors (Lipinski definition) is 2. The fraction of sp³-hybridized carbons (Fsp3) is 0.636. The van der Waals surface area contributed by atoms with Gasteiger partial charge < -0.3 is 15.7 Å². The number of anilines is 1. The van der Waals surface area contributed by atoms with Gasteiger partial charge in [0.2, 0.25) is 0 Å². The minimum absolute atomic E-state index is 0.458. The van der Waals surface area contributed by atoms with Crippen molar-refractivity contribution in [1.82, 2.24) is 4.98 Å². The van der Waals surface area contributed by atoms with Crippen LogP contribution in [0.25, 0.3) is 0 Å². The molecule has 3 N–H and O–H groups in total. The van der Waals surface area contributed by atoms with Gasteiger partial charge in [-0.05, 0) is 19.3 Å². The largest absolute Gasteiger partial charge is 0.480 e. The summed E-state index contributed by atoms with van der Waals surface area (Å²) in [5, 5.41) is 11.5. The standard InChI is InChI=1S/C11H17N3O2S/c1-2-5-14(7-3-4-7)11-13-8(6-17-11)9(12)10(15)16/h6-7,9H,2-5,12H2,1H3,(H,15,16). The Morgan fingerprint density at radius 2 is 2.47 bits per heavy atom. The third kappa shape index (κ3) is 2.76. The quantitative estimate of drug-likeness (QED) is 0.807. The molecule has 0 aromatic carbocycles. The third-order valence-electron chi connectivity index (χ3n) is 2.79. The Morgan fingerprint density at radius 1 is 1.76 bits per heavy atom. The lowest BCUT2D eigenvalue weighted by atomic mass is 10.2. The molecule has 1 heterocycles. The summed E-state index contributed by atoms with van der Waals surface area (Å²) in [6.07, 6.45) is 3.48. The molecule has 0 saturated heterocycles. The SMILES string of the molecule is CCCN(c1nc(C(N)C(=O)O)cs1)C1CC1. The molecule has 1 unspecified atom stereocenters. The molecule has 1 aromatic heterocycles. The predicted octanol–water partition coefficient (Wildman–Crippen LogP) is 1.61. The van der Waals surface area contributed by atoms with E-state index in [-0.39, 0.29) is 0 Å². The lowest BCUT2D eigenvalue weighted by Gasteiger charge is -2.20. The Bertz CT molecular complexity index is 403. The molecule has 94 valence electrons. The molecule has 1 atom stereocenters. The summed E-state index contributed by atoms with van der Waals surface area (Å²) < 4.78 is 0. The van der Waals surface area contributed by atoms with Crippen LogP contribution < -0.4 is 10.6 Å². The highest BCUT2D eigenvalue weighted by molar-refractivity contribution is 7.13. The highest BCUT2D eigenvalue weighted by Gasteiger charge is 2.31. The molecule has 6 heteroatoms. The number of aliphatic carboxylic acids is 1. The smallest absolute Gasteiger partial charge is 0.326 e. The molecule has 0 bridgehead atoms. The van der Waals surface area contributed by atoms with E-state index < -0.39 is 12.0 Å². The summed E-state index contributed by atoms with van der Waals surface area (Å²) >= 11 is 1.48. The van der Waals surface area contributed by atoms with E-state index in [0.29, 0.717) is 11.7 Å². The molecule has 1 fully saturated rings.